The van der Waals surface area contributed by atoms with Crippen LogP contribution in [0, 0.1) is 5.92 Å². The van der Waals surface area contributed by atoms with Gasteiger partial charge in [0.2, 0.25) is 0 Å². The summed E-state index contributed by atoms with van der Waals surface area (Å²) in [5, 5.41) is 0. The van der Waals surface area contributed by atoms with Crippen molar-refractivity contribution in [3.05, 3.63) is 35.9 Å². The van der Waals surface area contributed by atoms with Crippen LogP contribution in [0.5, 0.6) is 0 Å². The van der Waals surface area contributed by atoms with E-state index in [0.717, 1.165) is 19.3 Å². The minimum absolute atomic E-state index is 0.259. The Hall–Kier alpha value is -1.11. The van der Waals surface area contributed by atoms with Gasteiger partial charge in [0, 0.05) is 12.3 Å². The fourth-order valence-corrected chi connectivity index (χ4v) is 1.87. The van der Waals surface area contributed by atoms with E-state index in [1.54, 1.807) is 0 Å². The van der Waals surface area contributed by atoms with Crippen LogP contribution in [0.25, 0.3) is 0 Å². The summed E-state index contributed by atoms with van der Waals surface area (Å²) in [6.45, 7) is 4.05. The standard InChI is InChI=1S/C14H20O/c1-3-13(14(15)4-2)11-10-12-8-6-5-7-9-12/h5-9,13H,3-4,10-11H2,1-2H3/t13-/m1/s1. The van der Waals surface area contributed by atoms with Gasteiger partial charge in [0.25, 0.3) is 0 Å². The molecule has 82 valence electrons. The molecule has 0 aliphatic carbocycles. The van der Waals surface area contributed by atoms with E-state index in [1.807, 2.05) is 13.0 Å². The summed E-state index contributed by atoms with van der Waals surface area (Å²) in [6, 6.07) is 10.4. The molecule has 1 nitrogen and oxygen atoms in total. The van der Waals surface area contributed by atoms with Crippen LogP contribution in [0.3, 0.4) is 0 Å². The van der Waals surface area contributed by atoms with Crippen LogP contribution >= 0.6 is 0 Å². The highest BCUT2D eigenvalue weighted by molar-refractivity contribution is 5.80. The maximum atomic E-state index is 11.6. The minimum Gasteiger partial charge on any atom is -0.299 e. The molecule has 0 saturated heterocycles. The van der Waals surface area contributed by atoms with Gasteiger partial charge < -0.3 is 0 Å². The van der Waals surface area contributed by atoms with Crippen molar-refractivity contribution in [2.45, 2.75) is 39.5 Å². The second-order valence-electron chi connectivity index (χ2n) is 3.95. The maximum Gasteiger partial charge on any atom is 0.135 e. The van der Waals surface area contributed by atoms with Gasteiger partial charge in [-0.15, -0.1) is 0 Å². The molecule has 0 saturated carbocycles. The summed E-state index contributed by atoms with van der Waals surface area (Å²) in [7, 11) is 0. The summed E-state index contributed by atoms with van der Waals surface area (Å²) in [4.78, 5) is 11.6. The molecule has 1 aromatic rings. The summed E-state index contributed by atoms with van der Waals surface area (Å²) in [5.74, 6) is 0.670. The Labute approximate surface area is 92.5 Å². The van der Waals surface area contributed by atoms with Gasteiger partial charge in [0.05, 0.1) is 0 Å². The molecule has 0 unspecified atom stereocenters. The van der Waals surface area contributed by atoms with Gasteiger partial charge in [-0.1, -0.05) is 44.2 Å². The average Bonchev–Trinajstić information content (AvgIpc) is 2.31. The van der Waals surface area contributed by atoms with Gasteiger partial charge in [0.1, 0.15) is 5.78 Å². The number of ketones is 1. The molecule has 0 amide bonds. The first kappa shape index (κ1) is 12.0. The normalized spacial score (nSPS) is 12.4. The zero-order valence-corrected chi connectivity index (χ0v) is 9.70. The first-order valence-electron chi connectivity index (χ1n) is 5.84. The fraction of sp³-hybridized carbons (Fsp3) is 0.500. The molecular formula is C14H20O. The zero-order chi connectivity index (χ0) is 11.1. The molecule has 0 fully saturated rings. The van der Waals surface area contributed by atoms with Crippen molar-refractivity contribution >= 4 is 5.78 Å². The van der Waals surface area contributed by atoms with E-state index in [2.05, 4.69) is 31.2 Å². The largest absolute Gasteiger partial charge is 0.299 e. The number of Topliss-reactive ketones (excluding diaryl/α,β-unsaturated/α-hetero) is 1. The van der Waals surface area contributed by atoms with Crippen LogP contribution in [0.2, 0.25) is 0 Å². The van der Waals surface area contributed by atoms with Gasteiger partial charge >= 0.3 is 0 Å². The molecule has 0 aliphatic rings. The molecule has 0 heterocycles. The van der Waals surface area contributed by atoms with Gasteiger partial charge in [-0.25, -0.2) is 0 Å². The highest BCUT2D eigenvalue weighted by Gasteiger charge is 2.13. The van der Waals surface area contributed by atoms with Crippen LogP contribution in [0.15, 0.2) is 30.3 Å². The second kappa shape index (κ2) is 6.39. The molecular weight excluding hydrogens is 184 g/mol. The van der Waals surface area contributed by atoms with E-state index in [9.17, 15) is 4.79 Å². The third-order valence-electron chi connectivity index (χ3n) is 2.92. The number of rotatable bonds is 6. The number of benzene rings is 1. The molecule has 0 bridgehead atoms. The molecule has 1 rings (SSSR count). The Bertz CT molecular complexity index is 289. The minimum atomic E-state index is 0.259. The van der Waals surface area contributed by atoms with Crippen molar-refractivity contribution in [3.8, 4) is 0 Å². The first-order valence-corrected chi connectivity index (χ1v) is 5.84. The number of carbonyl (C=O) groups is 1. The molecule has 0 aliphatic heterocycles. The van der Waals surface area contributed by atoms with Crippen molar-refractivity contribution < 1.29 is 4.79 Å². The third-order valence-corrected chi connectivity index (χ3v) is 2.92. The lowest BCUT2D eigenvalue weighted by Crippen LogP contribution is -2.13. The van der Waals surface area contributed by atoms with Gasteiger partial charge in [-0.3, -0.25) is 4.79 Å². The summed E-state index contributed by atoms with van der Waals surface area (Å²) in [6.07, 6.45) is 3.66. The second-order valence-corrected chi connectivity index (χ2v) is 3.95. The number of hydrogen-bond acceptors (Lipinski definition) is 1. The van der Waals surface area contributed by atoms with Crippen molar-refractivity contribution in [1.29, 1.82) is 0 Å². The van der Waals surface area contributed by atoms with Crippen LogP contribution < -0.4 is 0 Å². The third kappa shape index (κ3) is 3.86. The van der Waals surface area contributed by atoms with Crippen molar-refractivity contribution in [3.63, 3.8) is 0 Å². The number of aryl methyl sites for hydroxylation is 1. The molecule has 0 aromatic heterocycles. The van der Waals surface area contributed by atoms with E-state index >= 15 is 0 Å². The molecule has 1 heteroatoms. The SMILES string of the molecule is CCC(=O)[C@H](CC)CCc1ccccc1. The lowest BCUT2D eigenvalue weighted by atomic mass is 9.92. The zero-order valence-electron chi connectivity index (χ0n) is 9.70. The average molecular weight is 204 g/mol. The van der Waals surface area contributed by atoms with E-state index in [-0.39, 0.29) is 5.92 Å². The molecule has 0 N–H and O–H groups in total. The Morgan fingerprint density at radius 1 is 1.20 bits per heavy atom. The van der Waals surface area contributed by atoms with Gasteiger partial charge in [-0.2, -0.15) is 0 Å². The van der Waals surface area contributed by atoms with Crippen molar-refractivity contribution in [1.82, 2.24) is 0 Å². The van der Waals surface area contributed by atoms with Gasteiger partial charge in [0.15, 0.2) is 0 Å². The Kier molecular flexibility index (Phi) is 5.09. The topological polar surface area (TPSA) is 17.1 Å². The Morgan fingerprint density at radius 3 is 2.40 bits per heavy atom. The molecule has 0 radical (unpaired) electrons. The fourth-order valence-electron chi connectivity index (χ4n) is 1.87. The molecule has 1 atom stereocenters. The predicted molar refractivity (Wildman–Crippen MR) is 63.8 cm³/mol. The van der Waals surface area contributed by atoms with Crippen LogP contribution in [0.1, 0.15) is 38.7 Å². The van der Waals surface area contributed by atoms with E-state index in [0.29, 0.717) is 12.2 Å². The molecule has 0 spiro atoms. The van der Waals surface area contributed by atoms with E-state index < -0.39 is 0 Å². The van der Waals surface area contributed by atoms with E-state index in [1.165, 1.54) is 5.56 Å². The van der Waals surface area contributed by atoms with Crippen LogP contribution in [-0.2, 0) is 11.2 Å². The molecule has 15 heavy (non-hydrogen) atoms. The smallest absolute Gasteiger partial charge is 0.135 e. The summed E-state index contributed by atoms with van der Waals surface area (Å²) >= 11 is 0. The predicted octanol–water partition coefficient (Wildman–Crippen LogP) is 3.62. The Morgan fingerprint density at radius 2 is 1.87 bits per heavy atom. The van der Waals surface area contributed by atoms with Crippen LogP contribution in [0.4, 0.5) is 0 Å². The number of hydrogen-bond donors (Lipinski definition) is 0. The van der Waals surface area contributed by atoms with Crippen molar-refractivity contribution in [2.24, 2.45) is 5.92 Å². The maximum absolute atomic E-state index is 11.6. The highest BCUT2D eigenvalue weighted by Crippen LogP contribution is 2.15. The van der Waals surface area contributed by atoms with E-state index in [4.69, 9.17) is 0 Å². The first-order chi connectivity index (χ1) is 7.27. The lowest BCUT2D eigenvalue weighted by molar-refractivity contribution is -0.122. The summed E-state index contributed by atoms with van der Waals surface area (Å²) in [5.41, 5.74) is 1.33. The number of carbonyl (C=O) groups excluding carboxylic acids is 1. The molecule has 1 aromatic carbocycles. The quantitative estimate of drug-likeness (QED) is 0.691. The van der Waals surface area contributed by atoms with Crippen LogP contribution in [-0.4, -0.2) is 5.78 Å². The summed E-state index contributed by atoms with van der Waals surface area (Å²) < 4.78 is 0. The Balaban J connectivity index is 2.44. The highest BCUT2D eigenvalue weighted by atomic mass is 16.1. The van der Waals surface area contributed by atoms with Crippen molar-refractivity contribution in [2.75, 3.05) is 0 Å². The lowest BCUT2D eigenvalue weighted by Gasteiger charge is -2.12. The van der Waals surface area contributed by atoms with Gasteiger partial charge in [-0.05, 0) is 24.8 Å². The monoisotopic (exact) mass is 204 g/mol.